The minimum atomic E-state index is -0.428. The van der Waals surface area contributed by atoms with Gasteiger partial charge in [-0.1, -0.05) is 30.3 Å². The molecule has 1 aromatic carbocycles. The summed E-state index contributed by atoms with van der Waals surface area (Å²) in [6, 6.07) is 9.59. The molecule has 26 heavy (non-hydrogen) atoms. The Kier molecular flexibility index (Phi) is 10.5. The molecule has 0 spiro atoms. The Bertz CT molecular complexity index is 519. The normalized spacial score (nSPS) is 20.0. The number of hydrogen-bond donors (Lipinski definition) is 1. The number of nitrogens with zero attached hydrogens (tertiary/aromatic N) is 2. The fourth-order valence-electron chi connectivity index (χ4n) is 3.67. The van der Waals surface area contributed by atoms with Gasteiger partial charge in [0.2, 0.25) is 5.91 Å². The van der Waals surface area contributed by atoms with E-state index in [1.807, 2.05) is 35.2 Å². The summed E-state index contributed by atoms with van der Waals surface area (Å²) in [5.41, 5.74) is 7.28. The molecule has 7 heteroatoms. The van der Waals surface area contributed by atoms with E-state index in [2.05, 4.69) is 4.90 Å². The highest BCUT2D eigenvalue weighted by Crippen LogP contribution is 2.20. The number of carbonyl (C=O) groups excluding carboxylic acids is 1. The Morgan fingerprint density at radius 2 is 1.69 bits per heavy atom. The molecule has 2 aliphatic rings. The molecule has 0 aliphatic carbocycles. The van der Waals surface area contributed by atoms with E-state index in [0.717, 1.165) is 64.3 Å². The molecular weight excluding hydrogens is 373 g/mol. The van der Waals surface area contributed by atoms with Crippen LogP contribution in [0.15, 0.2) is 30.3 Å². The van der Waals surface area contributed by atoms with Crippen molar-refractivity contribution in [1.82, 2.24) is 9.80 Å². The molecule has 2 aliphatic heterocycles. The summed E-state index contributed by atoms with van der Waals surface area (Å²) >= 11 is 0. The number of ether oxygens (including phenoxy) is 1. The summed E-state index contributed by atoms with van der Waals surface area (Å²) in [4.78, 5) is 17.0. The second kappa shape index (κ2) is 11.8. The molecule has 2 saturated heterocycles. The molecule has 5 nitrogen and oxygen atoms in total. The third-order valence-electron chi connectivity index (χ3n) is 5.16. The van der Waals surface area contributed by atoms with E-state index in [1.54, 1.807) is 0 Å². The van der Waals surface area contributed by atoms with Crippen molar-refractivity contribution in [3.05, 3.63) is 35.9 Å². The monoisotopic (exact) mass is 403 g/mol. The van der Waals surface area contributed by atoms with Crippen LogP contribution in [0.4, 0.5) is 0 Å². The molecule has 0 unspecified atom stereocenters. The van der Waals surface area contributed by atoms with E-state index in [1.165, 1.54) is 0 Å². The molecular formula is C19H31Cl2N3O2. The lowest BCUT2D eigenvalue weighted by Crippen LogP contribution is -2.49. The molecule has 2 N–H and O–H groups in total. The van der Waals surface area contributed by atoms with Crippen LogP contribution in [-0.2, 0) is 16.0 Å². The van der Waals surface area contributed by atoms with Crippen LogP contribution < -0.4 is 5.73 Å². The zero-order valence-electron chi connectivity index (χ0n) is 15.2. The second-order valence-corrected chi connectivity index (χ2v) is 6.98. The Morgan fingerprint density at radius 3 is 2.31 bits per heavy atom. The average molecular weight is 404 g/mol. The largest absolute Gasteiger partial charge is 0.379 e. The van der Waals surface area contributed by atoms with Crippen LogP contribution in [0.5, 0.6) is 0 Å². The lowest BCUT2D eigenvalue weighted by Gasteiger charge is -2.36. The van der Waals surface area contributed by atoms with Gasteiger partial charge < -0.3 is 15.4 Å². The van der Waals surface area contributed by atoms with E-state index >= 15 is 0 Å². The van der Waals surface area contributed by atoms with Crippen LogP contribution in [0.3, 0.4) is 0 Å². The molecule has 3 rings (SSSR count). The molecule has 1 amide bonds. The van der Waals surface area contributed by atoms with Crippen molar-refractivity contribution in [2.75, 3.05) is 45.9 Å². The number of benzene rings is 1. The summed E-state index contributed by atoms with van der Waals surface area (Å²) in [7, 11) is 0. The minimum Gasteiger partial charge on any atom is -0.379 e. The maximum Gasteiger partial charge on any atom is 0.239 e. The molecule has 0 saturated carbocycles. The van der Waals surface area contributed by atoms with E-state index in [-0.39, 0.29) is 30.7 Å². The molecule has 0 aromatic heterocycles. The predicted octanol–water partition coefficient (Wildman–Crippen LogP) is 1.97. The highest BCUT2D eigenvalue weighted by molar-refractivity contribution is 5.85. The lowest BCUT2D eigenvalue weighted by atomic mass is 9.95. The summed E-state index contributed by atoms with van der Waals surface area (Å²) < 4.78 is 5.40. The topological polar surface area (TPSA) is 58.8 Å². The van der Waals surface area contributed by atoms with Crippen molar-refractivity contribution in [3.8, 4) is 0 Å². The zero-order valence-corrected chi connectivity index (χ0v) is 16.9. The third-order valence-corrected chi connectivity index (χ3v) is 5.16. The van der Waals surface area contributed by atoms with Crippen LogP contribution in [0, 0.1) is 5.92 Å². The standard InChI is InChI=1S/C19H29N3O2.2ClH/c20-18(14-16-4-2-1-3-5-16)19(23)22-8-6-17(7-9-22)15-21-10-12-24-13-11-21;;/h1-5,17-18H,6-15,20H2;2*1H/t18-;;/m0../s1. The number of nitrogens with two attached hydrogens (primary N) is 1. The predicted molar refractivity (Wildman–Crippen MR) is 109 cm³/mol. The van der Waals surface area contributed by atoms with Crippen molar-refractivity contribution in [2.24, 2.45) is 11.7 Å². The fourth-order valence-corrected chi connectivity index (χ4v) is 3.67. The number of piperidine rings is 1. The number of halogens is 2. The van der Waals surface area contributed by atoms with E-state index in [4.69, 9.17) is 10.5 Å². The van der Waals surface area contributed by atoms with E-state index in [0.29, 0.717) is 12.3 Å². The molecule has 1 atom stereocenters. The first-order chi connectivity index (χ1) is 11.7. The van der Waals surface area contributed by atoms with Gasteiger partial charge in [-0.2, -0.15) is 0 Å². The number of rotatable bonds is 5. The van der Waals surface area contributed by atoms with Crippen molar-refractivity contribution in [1.29, 1.82) is 0 Å². The van der Waals surface area contributed by atoms with Crippen molar-refractivity contribution >= 4 is 30.7 Å². The number of carbonyl (C=O) groups is 1. The van der Waals surface area contributed by atoms with Crippen LogP contribution in [0.1, 0.15) is 18.4 Å². The van der Waals surface area contributed by atoms with Crippen molar-refractivity contribution in [3.63, 3.8) is 0 Å². The molecule has 0 radical (unpaired) electrons. The molecule has 0 bridgehead atoms. The van der Waals surface area contributed by atoms with Crippen LogP contribution in [0.25, 0.3) is 0 Å². The summed E-state index contributed by atoms with van der Waals surface area (Å²) in [6.45, 7) is 6.62. The van der Waals surface area contributed by atoms with Crippen LogP contribution >= 0.6 is 24.8 Å². The molecule has 2 fully saturated rings. The zero-order chi connectivity index (χ0) is 16.8. The number of hydrogen-bond acceptors (Lipinski definition) is 4. The molecule has 1 aromatic rings. The fraction of sp³-hybridized carbons (Fsp3) is 0.632. The van der Waals surface area contributed by atoms with Gasteiger partial charge in [-0.15, -0.1) is 24.8 Å². The number of amides is 1. The Labute approximate surface area is 169 Å². The van der Waals surface area contributed by atoms with Gasteiger partial charge in [-0.05, 0) is 30.7 Å². The number of likely N-dealkylation sites (tertiary alicyclic amines) is 1. The second-order valence-electron chi connectivity index (χ2n) is 6.98. The smallest absolute Gasteiger partial charge is 0.239 e. The molecule has 148 valence electrons. The highest BCUT2D eigenvalue weighted by Gasteiger charge is 2.27. The van der Waals surface area contributed by atoms with Crippen molar-refractivity contribution in [2.45, 2.75) is 25.3 Å². The quantitative estimate of drug-likeness (QED) is 0.816. The number of morpholine rings is 1. The Hall–Kier alpha value is -0.850. The average Bonchev–Trinajstić information content (AvgIpc) is 2.63. The SMILES string of the molecule is Cl.Cl.N[C@@H](Cc1ccccc1)C(=O)N1CCC(CN2CCOCC2)CC1. The van der Waals surface area contributed by atoms with Gasteiger partial charge >= 0.3 is 0 Å². The Morgan fingerprint density at radius 1 is 1.08 bits per heavy atom. The first-order valence-corrected chi connectivity index (χ1v) is 9.11. The molecule has 2 heterocycles. The highest BCUT2D eigenvalue weighted by atomic mass is 35.5. The first kappa shape index (κ1) is 23.2. The lowest BCUT2D eigenvalue weighted by molar-refractivity contribution is -0.134. The van der Waals surface area contributed by atoms with Gasteiger partial charge in [0, 0.05) is 32.7 Å². The third kappa shape index (κ3) is 6.71. The first-order valence-electron chi connectivity index (χ1n) is 9.11. The van der Waals surface area contributed by atoms with Gasteiger partial charge in [0.15, 0.2) is 0 Å². The summed E-state index contributed by atoms with van der Waals surface area (Å²) in [5, 5.41) is 0. The van der Waals surface area contributed by atoms with Gasteiger partial charge in [0.1, 0.15) is 0 Å². The minimum absolute atomic E-state index is 0. The summed E-state index contributed by atoms with van der Waals surface area (Å²) in [5.74, 6) is 0.793. The van der Waals surface area contributed by atoms with Gasteiger partial charge in [0.05, 0.1) is 19.3 Å². The Balaban J connectivity index is 0.00000169. The summed E-state index contributed by atoms with van der Waals surface area (Å²) in [6.07, 6.45) is 2.79. The van der Waals surface area contributed by atoms with Crippen molar-refractivity contribution < 1.29 is 9.53 Å². The van der Waals surface area contributed by atoms with Gasteiger partial charge in [-0.25, -0.2) is 0 Å². The maximum atomic E-state index is 12.6. The van der Waals surface area contributed by atoms with Crippen LogP contribution in [0.2, 0.25) is 0 Å². The van der Waals surface area contributed by atoms with Gasteiger partial charge in [-0.3, -0.25) is 9.69 Å². The van der Waals surface area contributed by atoms with Crippen LogP contribution in [-0.4, -0.2) is 67.7 Å². The van der Waals surface area contributed by atoms with E-state index < -0.39 is 6.04 Å². The van der Waals surface area contributed by atoms with E-state index in [9.17, 15) is 4.79 Å². The van der Waals surface area contributed by atoms with Gasteiger partial charge in [0.25, 0.3) is 0 Å². The maximum absolute atomic E-state index is 12.6.